The van der Waals surface area contributed by atoms with Crippen LogP contribution in [0.5, 0.6) is 0 Å². The van der Waals surface area contributed by atoms with Crippen LogP contribution in [0.3, 0.4) is 0 Å². The maximum atomic E-state index is 12.1. The van der Waals surface area contributed by atoms with Gasteiger partial charge in [0.2, 0.25) is 0 Å². The van der Waals surface area contributed by atoms with E-state index in [1.165, 1.54) is 23.9 Å². The zero-order valence-electron chi connectivity index (χ0n) is 11.7. The SMILES string of the molecule is CCCn1ncc(NCC2CCCC2C)c(Br)c1=O. The number of rotatable bonds is 5. The highest BCUT2D eigenvalue weighted by Gasteiger charge is 2.23. The van der Waals surface area contributed by atoms with Crippen LogP contribution in [0.1, 0.15) is 39.5 Å². The molecule has 0 amide bonds. The molecular weight excluding hydrogens is 306 g/mol. The number of aromatic nitrogens is 2. The maximum Gasteiger partial charge on any atom is 0.283 e. The van der Waals surface area contributed by atoms with Crippen LogP contribution in [0.25, 0.3) is 0 Å². The average Bonchev–Trinajstić information content (AvgIpc) is 2.80. The van der Waals surface area contributed by atoms with Crippen molar-refractivity contribution in [2.75, 3.05) is 11.9 Å². The minimum atomic E-state index is -0.0497. The lowest BCUT2D eigenvalue weighted by atomic mass is 9.98. The number of halogens is 1. The molecule has 1 aromatic heterocycles. The van der Waals surface area contributed by atoms with E-state index in [0.717, 1.165) is 24.6 Å². The molecule has 1 fully saturated rings. The van der Waals surface area contributed by atoms with Gasteiger partial charge in [-0.15, -0.1) is 0 Å². The molecule has 4 nitrogen and oxygen atoms in total. The van der Waals surface area contributed by atoms with Gasteiger partial charge in [-0.3, -0.25) is 4.79 Å². The molecule has 106 valence electrons. The Labute approximate surface area is 122 Å². The van der Waals surface area contributed by atoms with Crippen LogP contribution in [0.15, 0.2) is 15.5 Å². The lowest BCUT2D eigenvalue weighted by molar-refractivity contribution is 0.439. The van der Waals surface area contributed by atoms with Gasteiger partial charge in [0.25, 0.3) is 5.56 Å². The lowest BCUT2D eigenvalue weighted by Crippen LogP contribution is -2.25. The van der Waals surface area contributed by atoms with Gasteiger partial charge < -0.3 is 5.32 Å². The Balaban J connectivity index is 2.04. The van der Waals surface area contributed by atoms with Crippen LogP contribution in [0, 0.1) is 11.8 Å². The molecule has 1 saturated carbocycles. The average molecular weight is 328 g/mol. The first kappa shape index (κ1) is 14.6. The van der Waals surface area contributed by atoms with E-state index in [2.05, 4.69) is 33.3 Å². The monoisotopic (exact) mass is 327 g/mol. The van der Waals surface area contributed by atoms with Gasteiger partial charge in [0.15, 0.2) is 0 Å². The quantitative estimate of drug-likeness (QED) is 0.902. The number of hydrogen-bond donors (Lipinski definition) is 1. The van der Waals surface area contributed by atoms with Gasteiger partial charge in [-0.2, -0.15) is 5.10 Å². The van der Waals surface area contributed by atoms with Crippen molar-refractivity contribution in [3.8, 4) is 0 Å². The second kappa shape index (κ2) is 6.55. The molecule has 19 heavy (non-hydrogen) atoms. The minimum Gasteiger partial charge on any atom is -0.382 e. The van der Waals surface area contributed by atoms with Crippen LogP contribution in [-0.4, -0.2) is 16.3 Å². The summed E-state index contributed by atoms with van der Waals surface area (Å²) >= 11 is 3.39. The van der Waals surface area contributed by atoms with E-state index in [1.807, 2.05) is 6.92 Å². The highest BCUT2D eigenvalue weighted by molar-refractivity contribution is 9.10. The van der Waals surface area contributed by atoms with Crippen molar-refractivity contribution < 1.29 is 0 Å². The molecule has 0 radical (unpaired) electrons. The van der Waals surface area contributed by atoms with Crippen LogP contribution in [0.4, 0.5) is 5.69 Å². The zero-order valence-corrected chi connectivity index (χ0v) is 13.2. The Kier molecular flexibility index (Phi) is 5.02. The van der Waals surface area contributed by atoms with Gasteiger partial charge >= 0.3 is 0 Å². The van der Waals surface area contributed by atoms with Crippen molar-refractivity contribution in [1.29, 1.82) is 0 Å². The van der Waals surface area contributed by atoms with E-state index in [1.54, 1.807) is 6.20 Å². The molecular formula is C14H22BrN3O. The molecule has 0 aromatic carbocycles. The van der Waals surface area contributed by atoms with Crippen molar-refractivity contribution in [3.63, 3.8) is 0 Å². The van der Waals surface area contributed by atoms with Crippen molar-refractivity contribution >= 4 is 21.6 Å². The Morgan fingerprint density at radius 2 is 2.32 bits per heavy atom. The summed E-state index contributed by atoms with van der Waals surface area (Å²) in [7, 11) is 0. The van der Waals surface area contributed by atoms with Crippen LogP contribution in [0.2, 0.25) is 0 Å². The summed E-state index contributed by atoms with van der Waals surface area (Å²) in [6.07, 6.45) is 6.59. The highest BCUT2D eigenvalue weighted by atomic mass is 79.9. The first-order valence-corrected chi connectivity index (χ1v) is 7.92. The summed E-state index contributed by atoms with van der Waals surface area (Å²) in [4.78, 5) is 12.1. The van der Waals surface area contributed by atoms with E-state index in [9.17, 15) is 4.79 Å². The molecule has 0 saturated heterocycles. The smallest absolute Gasteiger partial charge is 0.283 e. The Morgan fingerprint density at radius 1 is 1.53 bits per heavy atom. The van der Waals surface area contributed by atoms with Gasteiger partial charge in [-0.25, -0.2) is 4.68 Å². The molecule has 2 atom stereocenters. The molecule has 1 aliphatic carbocycles. The Hall–Kier alpha value is -0.840. The summed E-state index contributed by atoms with van der Waals surface area (Å²) in [6, 6.07) is 0. The van der Waals surface area contributed by atoms with Gasteiger partial charge in [-0.1, -0.05) is 26.7 Å². The zero-order chi connectivity index (χ0) is 13.8. The second-order valence-electron chi connectivity index (χ2n) is 5.45. The van der Waals surface area contributed by atoms with Gasteiger partial charge in [0.1, 0.15) is 4.47 Å². The van der Waals surface area contributed by atoms with Crippen molar-refractivity contribution in [2.45, 2.75) is 46.1 Å². The van der Waals surface area contributed by atoms with Gasteiger partial charge in [0, 0.05) is 13.1 Å². The largest absolute Gasteiger partial charge is 0.382 e. The number of hydrogen-bond acceptors (Lipinski definition) is 3. The molecule has 1 aromatic rings. The Morgan fingerprint density at radius 3 is 2.95 bits per heavy atom. The normalized spacial score (nSPS) is 22.7. The fourth-order valence-electron chi connectivity index (χ4n) is 2.73. The van der Waals surface area contributed by atoms with Crippen LogP contribution in [-0.2, 0) is 6.54 Å². The summed E-state index contributed by atoms with van der Waals surface area (Å²) in [6.45, 7) is 5.94. The summed E-state index contributed by atoms with van der Waals surface area (Å²) < 4.78 is 2.11. The van der Waals surface area contributed by atoms with E-state index >= 15 is 0 Å². The topological polar surface area (TPSA) is 46.9 Å². The summed E-state index contributed by atoms with van der Waals surface area (Å²) in [5.74, 6) is 1.49. The predicted octanol–water partition coefficient (Wildman–Crippen LogP) is 3.26. The van der Waals surface area contributed by atoms with E-state index in [-0.39, 0.29) is 5.56 Å². The molecule has 1 aliphatic rings. The second-order valence-corrected chi connectivity index (χ2v) is 6.24. The fraction of sp³-hybridized carbons (Fsp3) is 0.714. The van der Waals surface area contributed by atoms with E-state index in [4.69, 9.17) is 0 Å². The predicted molar refractivity (Wildman–Crippen MR) is 81.5 cm³/mol. The number of nitrogens with one attached hydrogen (secondary N) is 1. The molecule has 2 rings (SSSR count). The van der Waals surface area contributed by atoms with E-state index in [0.29, 0.717) is 16.9 Å². The first-order chi connectivity index (χ1) is 9.13. The third kappa shape index (κ3) is 3.38. The maximum absolute atomic E-state index is 12.1. The molecule has 0 bridgehead atoms. The van der Waals surface area contributed by atoms with Crippen molar-refractivity contribution in [2.24, 2.45) is 11.8 Å². The molecule has 2 unspecified atom stereocenters. The van der Waals surface area contributed by atoms with Crippen LogP contribution < -0.4 is 10.9 Å². The standard InChI is InChI=1S/C14H22BrN3O/c1-3-7-18-14(19)13(15)12(9-17-18)16-8-11-6-4-5-10(11)2/h9-11,16H,3-8H2,1-2H3. The minimum absolute atomic E-state index is 0.0497. The number of aryl methyl sites for hydroxylation is 1. The molecule has 1 heterocycles. The molecule has 5 heteroatoms. The third-order valence-corrected chi connectivity index (χ3v) is 4.78. The van der Waals surface area contributed by atoms with E-state index < -0.39 is 0 Å². The van der Waals surface area contributed by atoms with Gasteiger partial charge in [0.05, 0.1) is 11.9 Å². The van der Waals surface area contributed by atoms with Gasteiger partial charge in [-0.05, 0) is 40.6 Å². The summed E-state index contributed by atoms with van der Waals surface area (Å²) in [5.41, 5.74) is 0.766. The molecule has 0 aliphatic heterocycles. The number of nitrogens with zero attached hydrogens (tertiary/aromatic N) is 2. The first-order valence-electron chi connectivity index (χ1n) is 7.13. The fourth-order valence-corrected chi connectivity index (χ4v) is 3.17. The molecule has 0 spiro atoms. The Bertz CT molecular complexity index is 486. The summed E-state index contributed by atoms with van der Waals surface area (Å²) in [5, 5.41) is 7.58. The highest BCUT2D eigenvalue weighted by Crippen LogP contribution is 2.31. The molecule has 1 N–H and O–H groups in total. The number of anilines is 1. The van der Waals surface area contributed by atoms with Crippen molar-refractivity contribution in [1.82, 2.24) is 9.78 Å². The van der Waals surface area contributed by atoms with Crippen LogP contribution >= 0.6 is 15.9 Å². The van der Waals surface area contributed by atoms with Crippen molar-refractivity contribution in [3.05, 3.63) is 21.0 Å². The third-order valence-electron chi connectivity index (χ3n) is 4.01. The lowest BCUT2D eigenvalue weighted by Gasteiger charge is -2.17.